The van der Waals surface area contributed by atoms with Crippen LogP contribution in [0.25, 0.3) is 0 Å². The molecule has 0 bridgehead atoms. The Bertz CT molecular complexity index is 421. The van der Waals surface area contributed by atoms with Crippen molar-refractivity contribution in [1.82, 2.24) is 5.32 Å². The molecule has 0 spiro atoms. The van der Waals surface area contributed by atoms with Gasteiger partial charge in [0.2, 0.25) is 0 Å². The van der Waals surface area contributed by atoms with Crippen LogP contribution in [-0.4, -0.2) is 17.6 Å². The zero-order chi connectivity index (χ0) is 13.8. The molecule has 0 amide bonds. The van der Waals surface area contributed by atoms with Crippen molar-refractivity contribution in [2.75, 3.05) is 6.54 Å². The van der Waals surface area contributed by atoms with Gasteiger partial charge in [0.1, 0.15) is 0 Å². The number of nitro groups is 1. The normalized spacial score (nSPS) is 13.3. The molecule has 4 nitrogen and oxygen atoms in total. The van der Waals surface area contributed by atoms with Gasteiger partial charge in [-0.05, 0) is 12.0 Å². The number of rotatable bonds is 5. The van der Waals surface area contributed by atoms with Gasteiger partial charge in [0.15, 0.2) is 0 Å². The smallest absolute Gasteiger partial charge is 0.302 e. The van der Waals surface area contributed by atoms with Gasteiger partial charge >= 0.3 is 6.18 Å². The Morgan fingerprint density at radius 3 is 2.61 bits per heavy atom. The third-order valence-corrected chi connectivity index (χ3v) is 2.44. The SMILES string of the molecule is CCC(NCC(F)(F)F)c1cccc([N+](=O)[O-])c1. The Morgan fingerprint density at radius 1 is 1.44 bits per heavy atom. The topological polar surface area (TPSA) is 55.2 Å². The van der Waals surface area contributed by atoms with E-state index in [1.54, 1.807) is 13.0 Å². The van der Waals surface area contributed by atoms with Gasteiger partial charge in [-0.1, -0.05) is 19.1 Å². The van der Waals surface area contributed by atoms with E-state index in [9.17, 15) is 23.3 Å². The Labute approximate surface area is 102 Å². The van der Waals surface area contributed by atoms with Gasteiger partial charge in [0.25, 0.3) is 5.69 Å². The van der Waals surface area contributed by atoms with Crippen LogP contribution in [0.5, 0.6) is 0 Å². The first-order valence-corrected chi connectivity index (χ1v) is 5.38. The average Bonchev–Trinajstić information content (AvgIpc) is 2.28. The lowest BCUT2D eigenvalue weighted by atomic mass is 10.0. The standard InChI is InChI=1S/C11H13F3N2O2/c1-2-10(15-7-11(12,13)14)8-4-3-5-9(6-8)16(17)18/h3-6,10,15H,2,7H2,1H3. The monoisotopic (exact) mass is 262 g/mol. The fourth-order valence-corrected chi connectivity index (χ4v) is 1.59. The molecule has 0 saturated carbocycles. The van der Waals surface area contributed by atoms with Gasteiger partial charge in [0.05, 0.1) is 11.5 Å². The van der Waals surface area contributed by atoms with Crippen molar-refractivity contribution < 1.29 is 18.1 Å². The average molecular weight is 262 g/mol. The molecule has 1 rings (SSSR count). The molecule has 18 heavy (non-hydrogen) atoms. The highest BCUT2D eigenvalue weighted by molar-refractivity contribution is 5.35. The van der Waals surface area contributed by atoms with E-state index in [1.807, 2.05) is 0 Å². The second-order valence-electron chi connectivity index (χ2n) is 3.81. The Kier molecular flexibility index (Phi) is 4.66. The number of alkyl halides is 3. The molecule has 0 fully saturated rings. The zero-order valence-electron chi connectivity index (χ0n) is 9.70. The summed E-state index contributed by atoms with van der Waals surface area (Å²) in [7, 11) is 0. The van der Waals surface area contributed by atoms with Crippen LogP contribution in [0, 0.1) is 10.1 Å². The highest BCUT2D eigenvalue weighted by atomic mass is 19.4. The summed E-state index contributed by atoms with van der Waals surface area (Å²) in [5.74, 6) is 0. The van der Waals surface area contributed by atoms with Crippen molar-refractivity contribution in [3.8, 4) is 0 Å². The molecule has 0 aliphatic heterocycles. The summed E-state index contributed by atoms with van der Waals surface area (Å²) in [6.07, 6.45) is -3.88. The number of nitrogens with zero attached hydrogens (tertiary/aromatic N) is 1. The molecule has 0 saturated heterocycles. The molecule has 0 aliphatic rings. The van der Waals surface area contributed by atoms with Crippen molar-refractivity contribution in [2.24, 2.45) is 0 Å². The number of hydrogen-bond acceptors (Lipinski definition) is 3. The summed E-state index contributed by atoms with van der Waals surface area (Å²) >= 11 is 0. The molecule has 0 radical (unpaired) electrons. The summed E-state index contributed by atoms with van der Waals surface area (Å²) < 4.78 is 36.3. The van der Waals surface area contributed by atoms with E-state index in [1.165, 1.54) is 18.2 Å². The maximum absolute atomic E-state index is 12.1. The first-order chi connectivity index (χ1) is 8.33. The predicted octanol–water partition coefficient (Wildman–Crippen LogP) is 3.20. The van der Waals surface area contributed by atoms with Gasteiger partial charge in [-0.2, -0.15) is 13.2 Å². The van der Waals surface area contributed by atoms with Crippen molar-refractivity contribution in [3.05, 3.63) is 39.9 Å². The maximum atomic E-state index is 12.1. The van der Waals surface area contributed by atoms with Crippen LogP contribution in [-0.2, 0) is 0 Å². The third-order valence-electron chi connectivity index (χ3n) is 2.44. The molecular weight excluding hydrogens is 249 g/mol. The molecule has 7 heteroatoms. The Morgan fingerprint density at radius 2 is 2.11 bits per heavy atom. The van der Waals surface area contributed by atoms with E-state index in [4.69, 9.17) is 0 Å². The van der Waals surface area contributed by atoms with Crippen LogP contribution in [0.3, 0.4) is 0 Å². The van der Waals surface area contributed by atoms with Gasteiger partial charge in [-0.3, -0.25) is 10.1 Å². The number of benzene rings is 1. The minimum absolute atomic E-state index is 0.125. The predicted molar refractivity (Wildman–Crippen MR) is 60.2 cm³/mol. The summed E-state index contributed by atoms with van der Waals surface area (Å²) in [6.45, 7) is 0.598. The highest BCUT2D eigenvalue weighted by Gasteiger charge is 2.28. The Hall–Kier alpha value is -1.63. The summed E-state index contributed by atoms with van der Waals surface area (Å²) in [5.41, 5.74) is 0.357. The largest absolute Gasteiger partial charge is 0.401 e. The van der Waals surface area contributed by atoms with Gasteiger partial charge in [-0.15, -0.1) is 0 Å². The lowest BCUT2D eigenvalue weighted by Gasteiger charge is -2.18. The molecule has 0 aliphatic carbocycles. The van der Waals surface area contributed by atoms with Crippen LogP contribution in [0.2, 0.25) is 0 Å². The molecule has 0 heterocycles. The number of nitrogens with one attached hydrogen (secondary N) is 1. The van der Waals surface area contributed by atoms with Gasteiger partial charge < -0.3 is 5.32 Å². The second-order valence-corrected chi connectivity index (χ2v) is 3.81. The third kappa shape index (κ3) is 4.33. The van der Waals surface area contributed by atoms with Gasteiger partial charge in [0, 0.05) is 18.2 Å². The number of halogens is 3. The lowest BCUT2D eigenvalue weighted by molar-refractivity contribution is -0.384. The van der Waals surface area contributed by atoms with E-state index in [2.05, 4.69) is 5.32 Å². The minimum atomic E-state index is -4.30. The van der Waals surface area contributed by atoms with E-state index in [0.29, 0.717) is 12.0 Å². The molecule has 1 aromatic rings. The molecule has 1 N–H and O–H groups in total. The van der Waals surface area contributed by atoms with Crippen LogP contribution in [0.1, 0.15) is 24.9 Å². The molecule has 1 atom stereocenters. The highest BCUT2D eigenvalue weighted by Crippen LogP contribution is 2.23. The van der Waals surface area contributed by atoms with E-state index < -0.39 is 23.7 Å². The molecule has 0 aromatic heterocycles. The molecular formula is C11H13F3N2O2. The minimum Gasteiger partial charge on any atom is -0.302 e. The summed E-state index contributed by atoms with van der Waals surface area (Å²) in [5, 5.41) is 12.9. The lowest BCUT2D eigenvalue weighted by Crippen LogP contribution is -2.31. The zero-order valence-corrected chi connectivity index (χ0v) is 9.70. The van der Waals surface area contributed by atoms with Crippen molar-refractivity contribution in [3.63, 3.8) is 0 Å². The number of nitro benzene ring substituents is 1. The van der Waals surface area contributed by atoms with Crippen molar-refractivity contribution in [2.45, 2.75) is 25.6 Å². The second kappa shape index (κ2) is 5.81. The van der Waals surface area contributed by atoms with Crippen LogP contribution < -0.4 is 5.32 Å². The van der Waals surface area contributed by atoms with E-state index >= 15 is 0 Å². The van der Waals surface area contributed by atoms with Crippen LogP contribution in [0.4, 0.5) is 18.9 Å². The number of hydrogen-bond donors (Lipinski definition) is 1. The summed E-state index contributed by atoms with van der Waals surface area (Å²) in [6, 6.07) is 5.08. The quantitative estimate of drug-likeness (QED) is 0.654. The van der Waals surface area contributed by atoms with Crippen LogP contribution >= 0.6 is 0 Å². The maximum Gasteiger partial charge on any atom is 0.401 e. The van der Waals surface area contributed by atoms with Crippen LogP contribution in [0.15, 0.2) is 24.3 Å². The summed E-state index contributed by atoms with van der Waals surface area (Å²) in [4.78, 5) is 10.0. The van der Waals surface area contributed by atoms with E-state index in [0.717, 1.165) is 0 Å². The molecule has 1 unspecified atom stereocenters. The first kappa shape index (κ1) is 14.4. The van der Waals surface area contributed by atoms with Gasteiger partial charge in [-0.25, -0.2) is 0 Å². The number of non-ortho nitro benzene ring substituents is 1. The van der Waals surface area contributed by atoms with E-state index in [-0.39, 0.29) is 5.69 Å². The van der Waals surface area contributed by atoms with Crippen molar-refractivity contribution >= 4 is 5.69 Å². The fourth-order valence-electron chi connectivity index (χ4n) is 1.59. The molecule has 100 valence electrons. The fraction of sp³-hybridized carbons (Fsp3) is 0.455. The van der Waals surface area contributed by atoms with Crippen molar-refractivity contribution in [1.29, 1.82) is 0 Å². The molecule has 1 aromatic carbocycles. The first-order valence-electron chi connectivity index (χ1n) is 5.38. The Balaban J connectivity index is 2.82.